The average Bonchev–Trinajstić information content (AvgIpc) is 3.84. The van der Waals surface area contributed by atoms with E-state index in [1.54, 1.807) is 0 Å². The van der Waals surface area contributed by atoms with Crippen LogP contribution in [0.25, 0.3) is 81.0 Å². The van der Waals surface area contributed by atoms with Crippen molar-refractivity contribution in [3.05, 3.63) is 218 Å². The predicted molar refractivity (Wildman–Crippen MR) is 245 cm³/mol. The fraction of sp³-hybridized carbons (Fsp3) is 0. The first-order valence-corrected chi connectivity index (χ1v) is 20.2. The fourth-order valence-corrected chi connectivity index (χ4v) is 9.69. The molecule has 0 fully saturated rings. The molecule has 2 aromatic heterocycles. The van der Waals surface area contributed by atoms with Gasteiger partial charge in [-0.15, -0.1) is 11.3 Å². The summed E-state index contributed by atoms with van der Waals surface area (Å²) >= 11 is 1.88. The van der Waals surface area contributed by atoms with Gasteiger partial charge in [-0.1, -0.05) is 146 Å². The van der Waals surface area contributed by atoms with Gasteiger partial charge in [-0.2, -0.15) is 0 Å². The van der Waals surface area contributed by atoms with E-state index < -0.39 is 0 Å². The van der Waals surface area contributed by atoms with E-state index in [1.165, 1.54) is 75.4 Å². The Labute approximate surface area is 335 Å². The van der Waals surface area contributed by atoms with Crippen molar-refractivity contribution < 1.29 is 0 Å². The van der Waals surface area contributed by atoms with Crippen molar-refractivity contribution in [1.82, 2.24) is 4.57 Å². The van der Waals surface area contributed by atoms with E-state index in [1.807, 2.05) is 11.3 Å². The number of thiophene rings is 1. The Hall–Kier alpha value is -7.20. The monoisotopic (exact) mass is 744 g/mol. The molecular weight excluding hydrogens is 709 g/mol. The first-order valence-electron chi connectivity index (χ1n) is 19.4. The third kappa shape index (κ3) is 5.80. The largest absolute Gasteiger partial charge is 0.311 e. The first kappa shape index (κ1) is 33.2. The SMILES string of the molecule is c1ccc(-c2ccc(-n3c4ccccc4c4cc(-c5ccc(N(c6ccccc6)c6ccc(-c7cccc8c7sc7ccccc78)cc6)cc5)ccc43)cc2)cc1. The van der Waals surface area contributed by atoms with Crippen LogP contribution in [0.3, 0.4) is 0 Å². The highest BCUT2D eigenvalue weighted by Crippen LogP contribution is 2.42. The quantitative estimate of drug-likeness (QED) is 0.158. The molecule has 2 heterocycles. The van der Waals surface area contributed by atoms with Crippen molar-refractivity contribution in [1.29, 1.82) is 0 Å². The summed E-state index contributed by atoms with van der Waals surface area (Å²) in [6.07, 6.45) is 0. The fourth-order valence-electron chi connectivity index (χ4n) is 8.46. The highest BCUT2D eigenvalue weighted by atomic mass is 32.1. The van der Waals surface area contributed by atoms with Crippen LogP contribution in [-0.2, 0) is 0 Å². The molecule has 0 radical (unpaired) electrons. The minimum absolute atomic E-state index is 1.11. The number of benzene rings is 9. The molecule has 268 valence electrons. The van der Waals surface area contributed by atoms with Gasteiger partial charge in [-0.3, -0.25) is 0 Å². The van der Waals surface area contributed by atoms with Crippen molar-refractivity contribution in [2.75, 3.05) is 4.90 Å². The van der Waals surface area contributed by atoms with Gasteiger partial charge in [0.05, 0.1) is 11.0 Å². The molecule has 0 saturated heterocycles. The van der Waals surface area contributed by atoms with Crippen molar-refractivity contribution >= 4 is 70.4 Å². The molecule has 9 aromatic carbocycles. The van der Waals surface area contributed by atoms with Crippen molar-refractivity contribution in [3.63, 3.8) is 0 Å². The minimum Gasteiger partial charge on any atom is -0.311 e. The number of aromatic nitrogens is 1. The van der Waals surface area contributed by atoms with E-state index in [0.29, 0.717) is 0 Å². The van der Waals surface area contributed by atoms with Crippen molar-refractivity contribution in [3.8, 4) is 39.1 Å². The van der Waals surface area contributed by atoms with Crippen LogP contribution in [0.15, 0.2) is 218 Å². The Kier molecular flexibility index (Phi) is 8.04. The summed E-state index contributed by atoms with van der Waals surface area (Å²) in [7, 11) is 0. The molecule has 3 heteroatoms. The zero-order valence-electron chi connectivity index (χ0n) is 31.1. The molecule has 0 saturated carbocycles. The Balaban J connectivity index is 0.938. The smallest absolute Gasteiger partial charge is 0.0541 e. The molecule has 57 heavy (non-hydrogen) atoms. The molecule has 0 atom stereocenters. The molecule has 0 N–H and O–H groups in total. The number of hydrogen-bond donors (Lipinski definition) is 0. The van der Waals surface area contributed by atoms with Crippen LogP contribution in [-0.4, -0.2) is 4.57 Å². The maximum atomic E-state index is 2.39. The van der Waals surface area contributed by atoms with E-state index in [9.17, 15) is 0 Å². The van der Waals surface area contributed by atoms with Crippen molar-refractivity contribution in [2.24, 2.45) is 0 Å². The van der Waals surface area contributed by atoms with E-state index in [-0.39, 0.29) is 0 Å². The molecule has 0 aliphatic carbocycles. The Morgan fingerprint density at radius 2 is 0.860 bits per heavy atom. The highest BCUT2D eigenvalue weighted by molar-refractivity contribution is 7.26. The van der Waals surface area contributed by atoms with Crippen LogP contribution in [0, 0.1) is 0 Å². The highest BCUT2D eigenvalue weighted by Gasteiger charge is 2.17. The summed E-state index contributed by atoms with van der Waals surface area (Å²) in [4.78, 5) is 2.34. The maximum Gasteiger partial charge on any atom is 0.0541 e. The molecule has 11 aromatic rings. The standard InChI is InChI=1S/C54H36N2S/c1-3-12-37(13-4-1)38-22-31-45(32-23-38)56-51-20-9-7-16-47(51)50-36-41(28-35-52(50)56)39-24-29-43(30-25-39)55(42-14-5-2-6-15-42)44-33-26-40(27-34-44)46-18-11-19-49-48-17-8-10-21-53(48)57-54(46)49/h1-36H. The molecule has 11 rings (SSSR count). The van der Waals surface area contributed by atoms with Gasteiger partial charge in [-0.05, 0) is 106 Å². The van der Waals surface area contributed by atoms with Gasteiger partial charge >= 0.3 is 0 Å². The minimum atomic E-state index is 1.11. The van der Waals surface area contributed by atoms with Gasteiger partial charge in [0.1, 0.15) is 0 Å². The van der Waals surface area contributed by atoms with Crippen LogP contribution in [0.2, 0.25) is 0 Å². The lowest BCUT2D eigenvalue weighted by molar-refractivity contribution is 1.18. The van der Waals surface area contributed by atoms with E-state index in [0.717, 1.165) is 22.7 Å². The number of rotatable bonds is 7. The summed E-state index contributed by atoms with van der Waals surface area (Å²) in [5.41, 5.74) is 14.2. The van der Waals surface area contributed by atoms with Gasteiger partial charge in [-0.25, -0.2) is 0 Å². The van der Waals surface area contributed by atoms with Gasteiger partial charge in [0.15, 0.2) is 0 Å². The van der Waals surface area contributed by atoms with Gasteiger partial charge in [0.25, 0.3) is 0 Å². The molecule has 0 amide bonds. The third-order valence-electron chi connectivity index (χ3n) is 11.2. The number of para-hydroxylation sites is 2. The van der Waals surface area contributed by atoms with Gasteiger partial charge in [0.2, 0.25) is 0 Å². The summed E-state index contributed by atoms with van der Waals surface area (Å²) in [6.45, 7) is 0. The molecule has 2 nitrogen and oxygen atoms in total. The molecule has 0 aliphatic rings. The van der Waals surface area contributed by atoms with E-state index in [4.69, 9.17) is 0 Å². The van der Waals surface area contributed by atoms with E-state index >= 15 is 0 Å². The lowest BCUT2D eigenvalue weighted by atomic mass is 10.0. The lowest BCUT2D eigenvalue weighted by Crippen LogP contribution is -2.09. The molecule has 0 aliphatic heterocycles. The van der Waals surface area contributed by atoms with Crippen LogP contribution < -0.4 is 4.90 Å². The molecule has 0 unspecified atom stereocenters. The molecule has 0 bridgehead atoms. The number of nitrogens with zero attached hydrogens (tertiary/aromatic N) is 2. The number of fused-ring (bicyclic) bond motifs is 6. The van der Waals surface area contributed by atoms with Gasteiger partial charge in [0, 0.05) is 53.7 Å². The second-order valence-corrected chi connectivity index (χ2v) is 15.6. The first-order chi connectivity index (χ1) is 28.3. The normalized spacial score (nSPS) is 11.5. The topological polar surface area (TPSA) is 8.17 Å². The third-order valence-corrected chi connectivity index (χ3v) is 12.4. The summed E-state index contributed by atoms with van der Waals surface area (Å²) in [6, 6.07) is 79.2. The average molecular weight is 745 g/mol. The summed E-state index contributed by atoms with van der Waals surface area (Å²) < 4.78 is 5.05. The molecule has 0 spiro atoms. The van der Waals surface area contributed by atoms with E-state index in [2.05, 4.69) is 228 Å². The summed E-state index contributed by atoms with van der Waals surface area (Å²) in [5, 5.41) is 5.14. The predicted octanol–water partition coefficient (Wildman–Crippen LogP) is 15.6. The number of anilines is 3. The second-order valence-electron chi connectivity index (χ2n) is 14.5. The molecular formula is C54H36N2S. The number of hydrogen-bond acceptors (Lipinski definition) is 2. The second kappa shape index (κ2) is 13.8. The maximum absolute atomic E-state index is 2.39. The van der Waals surface area contributed by atoms with Crippen LogP contribution in [0.5, 0.6) is 0 Å². The van der Waals surface area contributed by atoms with Crippen molar-refractivity contribution in [2.45, 2.75) is 0 Å². The zero-order valence-corrected chi connectivity index (χ0v) is 31.9. The lowest BCUT2D eigenvalue weighted by Gasteiger charge is -2.26. The Morgan fingerprint density at radius 1 is 0.333 bits per heavy atom. The Morgan fingerprint density at radius 3 is 1.61 bits per heavy atom. The zero-order chi connectivity index (χ0) is 37.7. The summed E-state index contributed by atoms with van der Waals surface area (Å²) in [5.74, 6) is 0. The van der Waals surface area contributed by atoms with Crippen LogP contribution >= 0.6 is 11.3 Å². The van der Waals surface area contributed by atoms with Crippen LogP contribution in [0.1, 0.15) is 0 Å². The van der Waals surface area contributed by atoms with Gasteiger partial charge < -0.3 is 9.47 Å². The Bertz CT molecular complexity index is 3200. The van der Waals surface area contributed by atoms with Crippen LogP contribution in [0.4, 0.5) is 17.1 Å².